The fourth-order valence-corrected chi connectivity index (χ4v) is 2.84. The summed E-state index contributed by atoms with van der Waals surface area (Å²) in [5.74, 6) is 0.0646. The van der Waals surface area contributed by atoms with Gasteiger partial charge in [-0.15, -0.1) is 11.3 Å². The van der Waals surface area contributed by atoms with Gasteiger partial charge in [-0.25, -0.2) is 4.98 Å². The summed E-state index contributed by atoms with van der Waals surface area (Å²) in [7, 11) is 0. The number of amides is 1. The van der Waals surface area contributed by atoms with Crippen molar-refractivity contribution in [3.05, 3.63) is 23.5 Å². The minimum Gasteiger partial charge on any atom is -0.353 e. The van der Waals surface area contributed by atoms with Crippen LogP contribution in [0, 0.1) is 0 Å². The highest BCUT2D eigenvalue weighted by Crippen LogP contribution is 2.11. The van der Waals surface area contributed by atoms with Gasteiger partial charge in [-0.2, -0.15) is 0 Å². The third-order valence-corrected chi connectivity index (χ3v) is 3.90. The van der Waals surface area contributed by atoms with Crippen LogP contribution in [0.5, 0.6) is 0 Å². The van der Waals surface area contributed by atoms with Gasteiger partial charge in [0.1, 0.15) is 0 Å². The number of hydrogen-bond acceptors (Lipinski definition) is 3. The Morgan fingerprint density at radius 1 is 1.53 bits per heavy atom. The van der Waals surface area contributed by atoms with Gasteiger partial charge in [0.25, 0.3) is 0 Å². The average molecular weight is 279 g/mol. The van der Waals surface area contributed by atoms with E-state index in [1.54, 1.807) is 11.3 Å². The van der Waals surface area contributed by atoms with Crippen LogP contribution in [0.4, 0.5) is 0 Å². The zero-order valence-corrected chi connectivity index (χ0v) is 12.4. The Morgan fingerprint density at radius 3 is 3.11 bits per heavy atom. The molecule has 2 aromatic rings. The molecule has 1 amide bonds. The monoisotopic (exact) mass is 279 g/mol. The molecule has 0 radical (unpaired) electrons. The minimum absolute atomic E-state index is 0.0646. The number of hydrogen-bond donors (Lipinski definition) is 1. The van der Waals surface area contributed by atoms with Crippen molar-refractivity contribution >= 4 is 22.2 Å². The Labute approximate surface area is 117 Å². The molecule has 2 heterocycles. The largest absolute Gasteiger partial charge is 0.353 e. The van der Waals surface area contributed by atoms with Gasteiger partial charge >= 0.3 is 0 Å². The number of nitrogens with zero attached hydrogens (tertiary/aromatic N) is 2. The molecule has 2 aromatic heterocycles. The first-order valence-electron chi connectivity index (χ1n) is 6.89. The van der Waals surface area contributed by atoms with Crippen LogP contribution in [-0.2, 0) is 11.2 Å². The molecule has 19 heavy (non-hydrogen) atoms. The van der Waals surface area contributed by atoms with Crippen molar-refractivity contribution in [2.24, 2.45) is 0 Å². The van der Waals surface area contributed by atoms with E-state index < -0.39 is 0 Å². The van der Waals surface area contributed by atoms with Crippen LogP contribution in [-0.4, -0.2) is 21.3 Å². The maximum atomic E-state index is 11.9. The molecule has 1 N–H and O–H groups in total. The van der Waals surface area contributed by atoms with Crippen molar-refractivity contribution in [1.82, 2.24) is 14.7 Å². The van der Waals surface area contributed by atoms with Crippen LogP contribution in [0.2, 0.25) is 0 Å². The standard InChI is InChI=1S/C14H21N3OS/c1-3-4-5-6-11(2)15-13(18)9-12-10-17-7-8-19-14(17)16-12/h7-8,10-11H,3-6,9H2,1-2H3,(H,15,18). The highest BCUT2D eigenvalue weighted by atomic mass is 32.1. The van der Waals surface area contributed by atoms with Gasteiger partial charge in [0, 0.05) is 23.8 Å². The quantitative estimate of drug-likeness (QED) is 0.792. The topological polar surface area (TPSA) is 46.4 Å². The van der Waals surface area contributed by atoms with E-state index in [-0.39, 0.29) is 11.9 Å². The van der Waals surface area contributed by atoms with Crippen LogP contribution in [0.25, 0.3) is 4.96 Å². The Kier molecular flexibility index (Phi) is 4.96. The zero-order valence-electron chi connectivity index (χ0n) is 11.6. The maximum Gasteiger partial charge on any atom is 0.226 e. The Balaban J connectivity index is 1.79. The minimum atomic E-state index is 0.0646. The predicted octanol–water partition coefficient (Wildman–Crippen LogP) is 3.02. The van der Waals surface area contributed by atoms with Gasteiger partial charge in [-0.1, -0.05) is 26.2 Å². The second-order valence-electron chi connectivity index (χ2n) is 4.97. The molecule has 0 aromatic carbocycles. The van der Waals surface area contributed by atoms with Crippen LogP contribution < -0.4 is 5.32 Å². The Morgan fingerprint density at radius 2 is 2.37 bits per heavy atom. The molecule has 0 fully saturated rings. The first-order valence-corrected chi connectivity index (χ1v) is 7.77. The molecule has 4 nitrogen and oxygen atoms in total. The van der Waals surface area contributed by atoms with E-state index in [4.69, 9.17) is 0 Å². The lowest BCUT2D eigenvalue weighted by Crippen LogP contribution is -2.33. The van der Waals surface area contributed by atoms with E-state index in [9.17, 15) is 4.79 Å². The molecule has 1 unspecified atom stereocenters. The van der Waals surface area contributed by atoms with E-state index in [2.05, 4.69) is 24.1 Å². The molecule has 0 spiro atoms. The van der Waals surface area contributed by atoms with Crippen molar-refractivity contribution in [2.45, 2.75) is 52.0 Å². The van der Waals surface area contributed by atoms with Crippen LogP contribution in [0.15, 0.2) is 17.8 Å². The van der Waals surface area contributed by atoms with Crippen molar-refractivity contribution in [3.8, 4) is 0 Å². The molecular weight excluding hydrogens is 258 g/mol. The number of carbonyl (C=O) groups excluding carboxylic acids is 1. The summed E-state index contributed by atoms with van der Waals surface area (Å²) in [6.07, 6.45) is 8.93. The molecule has 1 atom stereocenters. The van der Waals surface area contributed by atoms with Gasteiger partial charge < -0.3 is 5.32 Å². The molecule has 5 heteroatoms. The second-order valence-corrected chi connectivity index (χ2v) is 5.84. The third kappa shape index (κ3) is 4.06. The normalized spacial score (nSPS) is 12.7. The van der Waals surface area contributed by atoms with Gasteiger partial charge in [-0.3, -0.25) is 9.20 Å². The van der Waals surface area contributed by atoms with E-state index >= 15 is 0 Å². The molecule has 0 aliphatic heterocycles. The van der Waals surface area contributed by atoms with Crippen molar-refractivity contribution in [3.63, 3.8) is 0 Å². The van der Waals surface area contributed by atoms with E-state index in [0.29, 0.717) is 6.42 Å². The third-order valence-electron chi connectivity index (χ3n) is 3.13. The van der Waals surface area contributed by atoms with Gasteiger partial charge in [0.05, 0.1) is 12.1 Å². The van der Waals surface area contributed by atoms with Crippen molar-refractivity contribution < 1.29 is 4.79 Å². The highest BCUT2D eigenvalue weighted by Gasteiger charge is 2.10. The Bertz CT molecular complexity index is 503. The van der Waals surface area contributed by atoms with Crippen molar-refractivity contribution in [2.75, 3.05) is 0 Å². The van der Waals surface area contributed by atoms with Crippen LogP contribution in [0.3, 0.4) is 0 Å². The Hall–Kier alpha value is -1.36. The average Bonchev–Trinajstić information content (AvgIpc) is 2.89. The SMILES string of the molecule is CCCCCC(C)NC(=O)Cc1cn2ccsc2n1. The lowest BCUT2D eigenvalue weighted by atomic mass is 10.1. The molecular formula is C14H21N3OS. The summed E-state index contributed by atoms with van der Waals surface area (Å²) >= 11 is 1.58. The second kappa shape index (κ2) is 6.70. The number of nitrogens with one attached hydrogen (secondary N) is 1. The van der Waals surface area contributed by atoms with Gasteiger partial charge in [-0.05, 0) is 13.3 Å². The molecule has 0 saturated carbocycles. The molecule has 2 rings (SSSR count). The lowest BCUT2D eigenvalue weighted by Gasteiger charge is -2.12. The smallest absolute Gasteiger partial charge is 0.226 e. The number of rotatable bonds is 7. The number of fused-ring (bicyclic) bond motifs is 1. The lowest BCUT2D eigenvalue weighted by molar-refractivity contribution is -0.121. The summed E-state index contributed by atoms with van der Waals surface area (Å²) in [4.78, 5) is 17.3. The fourth-order valence-electron chi connectivity index (χ4n) is 2.12. The number of carbonyl (C=O) groups is 1. The number of imidazole rings is 1. The van der Waals surface area contributed by atoms with E-state index in [1.165, 1.54) is 19.3 Å². The first kappa shape index (κ1) is 14.1. The van der Waals surface area contributed by atoms with E-state index in [0.717, 1.165) is 17.1 Å². The summed E-state index contributed by atoms with van der Waals surface area (Å²) in [5.41, 5.74) is 0.838. The van der Waals surface area contributed by atoms with Gasteiger partial charge in [0.2, 0.25) is 5.91 Å². The van der Waals surface area contributed by atoms with E-state index in [1.807, 2.05) is 22.2 Å². The highest BCUT2D eigenvalue weighted by molar-refractivity contribution is 7.15. The molecule has 104 valence electrons. The van der Waals surface area contributed by atoms with Crippen LogP contribution in [0.1, 0.15) is 45.2 Å². The number of aromatic nitrogens is 2. The van der Waals surface area contributed by atoms with Crippen molar-refractivity contribution in [1.29, 1.82) is 0 Å². The summed E-state index contributed by atoms with van der Waals surface area (Å²) in [5, 5.41) is 5.03. The number of unbranched alkanes of at least 4 members (excludes halogenated alkanes) is 2. The van der Waals surface area contributed by atoms with Gasteiger partial charge in [0.15, 0.2) is 4.96 Å². The summed E-state index contributed by atoms with van der Waals surface area (Å²) in [6, 6.07) is 0.253. The predicted molar refractivity (Wildman–Crippen MR) is 78.5 cm³/mol. The molecule has 0 aliphatic carbocycles. The fraction of sp³-hybridized carbons (Fsp3) is 0.571. The number of thiazole rings is 1. The molecule has 0 saturated heterocycles. The molecule has 0 aliphatic rings. The first-order chi connectivity index (χ1) is 9.19. The summed E-state index contributed by atoms with van der Waals surface area (Å²) < 4.78 is 1.96. The zero-order chi connectivity index (χ0) is 13.7. The maximum absolute atomic E-state index is 11.9. The molecule has 0 bridgehead atoms. The van der Waals surface area contributed by atoms with Crippen LogP contribution >= 0.6 is 11.3 Å². The summed E-state index contributed by atoms with van der Waals surface area (Å²) in [6.45, 7) is 4.26.